The molecular weight excluding hydrogens is 306 g/mol. The van der Waals surface area contributed by atoms with Crippen molar-refractivity contribution in [2.24, 2.45) is 11.7 Å². The van der Waals surface area contributed by atoms with Gasteiger partial charge in [0.05, 0.1) is 5.52 Å². The Labute approximate surface area is 140 Å². The Hall–Kier alpha value is -2.41. The van der Waals surface area contributed by atoms with Gasteiger partial charge in [0.1, 0.15) is 0 Å². The zero-order valence-electron chi connectivity index (χ0n) is 13.9. The number of nitrogens with one attached hydrogen (secondary N) is 1. The summed E-state index contributed by atoms with van der Waals surface area (Å²) in [4.78, 5) is 28.5. The summed E-state index contributed by atoms with van der Waals surface area (Å²) in [6.45, 7) is 4.66. The van der Waals surface area contributed by atoms with Crippen molar-refractivity contribution in [2.45, 2.75) is 13.3 Å². The number of rotatable bonds is 4. The molecule has 1 aromatic heterocycles. The Morgan fingerprint density at radius 1 is 1.21 bits per heavy atom. The Morgan fingerprint density at radius 3 is 2.58 bits per heavy atom. The Morgan fingerprint density at radius 2 is 1.88 bits per heavy atom. The van der Waals surface area contributed by atoms with Gasteiger partial charge in [0.25, 0.3) is 5.91 Å². The predicted octanol–water partition coefficient (Wildman–Crippen LogP) is 0.832. The van der Waals surface area contributed by atoms with Crippen LogP contribution in [0.3, 0.4) is 0 Å². The normalized spacial score (nSPS) is 16.4. The molecule has 128 valence electrons. The number of piperazine rings is 1. The summed E-state index contributed by atoms with van der Waals surface area (Å²) in [5.74, 6) is 0.215. The zero-order chi connectivity index (χ0) is 17.1. The molecule has 3 N–H and O–H groups in total. The lowest BCUT2D eigenvalue weighted by atomic mass is 10.1. The van der Waals surface area contributed by atoms with Gasteiger partial charge in [0.2, 0.25) is 5.91 Å². The molecule has 3 rings (SSSR count). The van der Waals surface area contributed by atoms with Crippen molar-refractivity contribution in [3.8, 4) is 0 Å². The smallest absolute Gasteiger partial charge is 0.275 e. The van der Waals surface area contributed by atoms with Crippen molar-refractivity contribution >= 4 is 22.7 Å². The first-order valence-corrected chi connectivity index (χ1v) is 8.30. The molecular formula is C17H23N5O2. The minimum atomic E-state index is -0.0881. The van der Waals surface area contributed by atoms with Crippen LogP contribution in [0.25, 0.3) is 10.9 Å². The average molecular weight is 329 g/mol. The third-order valence-corrected chi connectivity index (χ3v) is 4.52. The summed E-state index contributed by atoms with van der Waals surface area (Å²) in [6, 6.07) is 7.58. The number of aromatic nitrogens is 2. The fraction of sp³-hybridized carbons (Fsp3) is 0.471. The average Bonchev–Trinajstić information content (AvgIpc) is 3.05. The third kappa shape index (κ3) is 3.26. The molecule has 0 bridgehead atoms. The number of benzene rings is 1. The van der Waals surface area contributed by atoms with Gasteiger partial charge < -0.3 is 15.5 Å². The molecule has 7 heteroatoms. The number of amides is 2. The molecule has 1 saturated heterocycles. The summed E-state index contributed by atoms with van der Waals surface area (Å²) < 4.78 is 0. The number of H-pyrrole nitrogens is 1. The minimum absolute atomic E-state index is 0.0881. The topological polar surface area (TPSA) is 95.3 Å². The van der Waals surface area contributed by atoms with Gasteiger partial charge in [-0.1, -0.05) is 25.1 Å². The highest BCUT2D eigenvalue weighted by molar-refractivity contribution is 6.04. The molecule has 0 aliphatic carbocycles. The predicted molar refractivity (Wildman–Crippen MR) is 91.4 cm³/mol. The number of fused-ring (bicyclic) bond motifs is 1. The van der Waals surface area contributed by atoms with E-state index in [-0.39, 0.29) is 17.7 Å². The Bertz CT molecular complexity index is 733. The zero-order valence-corrected chi connectivity index (χ0v) is 13.9. The molecule has 1 fully saturated rings. The highest BCUT2D eigenvalue weighted by atomic mass is 16.2. The van der Waals surface area contributed by atoms with Crippen LogP contribution in [-0.4, -0.2) is 64.5 Å². The van der Waals surface area contributed by atoms with Gasteiger partial charge in [-0.3, -0.25) is 14.7 Å². The van der Waals surface area contributed by atoms with Gasteiger partial charge in [-0.2, -0.15) is 5.10 Å². The van der Waals surface area contributed by atoms with Gasteiger partial charge in [-0.15, -0.1) is 0 Å². The summed E-state index contributed by atoms with van der Waals surface area (Å²) in [5, 5.41) is 7.88. The van der Waals surface area contributed by atoms with Crippen LogP contribution >= 0.6 is 0 Å². The first kappa shape index (κ1) is 16.4. The number of nitrogens with zero attached hydrogens (tertiary/aromatic N) is 3. The van der Waals surface area contributed by atoms with E-state index in [2.05, 4.69) is 10.2 Å². The number of carbonyl (C=O) groups excluding carboxylic acids is 2. The number of aromatic amines is 1. The fourth-order valence-electron chi connectivity index (χ4n) is 2.95. The van der Waals surface area contributed by atoms with Crippen LogP contribution in [0.5, 0.6) is 0 Å². The van der Waals surface area contributed by atoms with Crippen LogP contribution in [-0.2, 0) is 4.79 Å². The van der Waals surface area contributed by atoms with Crippen LogP contribution < -0.4 is 5.73 Å². The molecule has 24 heavy (non-hydrogen) atoms. The maximum absolute atomic E-state index is 12.7. The van der Waals surface area contributed by atoms with Crippen LogP contribution in [0.2, 0.25) is 0 Å². The van der Waals surface area contributed by atoms with Crippen molar-refractivity contribution in [2.75, 3.05) is 32.7 Å². The highest BCUT2D eigenvalue weighted by Gasteiger charge is 2.27. The van der Waals surface area contributed by atoms with Crippen LogP contribution in [0.1, 0.15) is 23.8 Å². The van der Waals surface area contributed by atoms with E-state index in [1.807, 2.05) is 36.1 Å². The van der Waals surface area contributed by atoms with Crippen molar-refractivity contribution in [1.29, 1.82) is 0 Å². The molecule has 0 saturated carbocycles. The number of hydrogen-bond donors (Lipinski definition) is 2. The Balaban J connectivity index is 1.62. The molecule has 2 heterocycles. The second kappa shape index (κ2) is 7.00. The molecule has 1 aliphatic rings. The maximum Gasteiger partial charge on any atom is 0.275 e. The maximum atomic E-state index is 12.7. The minimum Gasteiger partial charge on any atom is -0.339 e. The number of nitrogens with two attached hydrogens (primary N) is 1. The lowest BCUT2D eigenvalue weighted by Gasteiger charge is -2.35. The second-order valence-corrected chi connectivity index (χ2v) is 6.34. The molecule has 0 spiro atoms. The van der Waals surface area contributed by atoms with Gasteiger partial charge in [0, 0.05) is 38.0 Å². The SMILES string of the molecule is CC(CN)CC(=O)N1CCN(C(=O)c2n[nH]c3ccccc23)CC1. The third-order valence-electron chi connectivity index (χ3n) is 4.52. The van der Waals surface area contributed by atoms with Crippen molar-refractivity contribution in [3.05, 3.63) is 30.0 Å². The molecule has 0 radical (unpaired) electrons. The van der Waals surface area contributed by atoms with Crippen molar-refractivity contribution < 1.29 is 9.59 Å². The summed E-state index contributed by atoms with van der Waals surface area (Å²) >= 11 is 0. The monoisotopic (exact) mass is 329 g/mol. The van der Waals surface area contributed by atoms with Crippen LogP contribution in [0, 0.1) is 5.92 Å². The lowest BCUT2D eigenvalue weighted by molar-refractivity contribution is -0.133. The van der Waals surface area contributed by atoms with E-state index >= 15 is 0 Å². The van der Waals surface area contributed by atoms with E-state index in [1.165, 1.54) is 0 Å². The van der Waals surface area contributed by atoms with E-state index in [0.29, 0.717) is 44.8 Å². The van der Waals surface area contributed by atoms with Gasteiger partial charge in [-0.25, -0.2) is 0 Å². The lowest BCUT2D eigenvalue weighted by Crippen LogP contribution is -2.51. The molecule has 7 nitrogen and oxygen atoms in total. The summed E-state index contributed by atoms with van der Waals surface area (Å²) in [5.41, 5.74) is 6.88. The molecule has 2 amide bonds. The quantitative estimate of drug-likeness (QED) is 0.868. The van der Waals surface area contributed by atoms with E-state index in [0.717, 1.165) is 10.9 Å². The van der Waals surface area contributed by atoms with Crippen molar-refractivity contribution in [3.63, 3.8) is 0 Å². The second-order valence-electron chi connectivity index (χ2n) is 6.34. The van der Waals surface area contributed by atoms with Gasteiger partial charge in [0.15, 0.2) is 5.69 Å². The van der Waals surface area contributed by atoms with Crippen LogP contribution in [0.4, 0.5) is 0 Å². The largest absolute Gasteiger partial charge is 0.339 e. The van der Waals surface area contributed by atoms with Crippen molar-refractivity contribution in [1.82, 2.24) is 20.0 Å². The van der Waals surface area contributed by atoms with Gasteiger partial charge >= 0.3 is 0 Å². The first-order chi connectivity index (χ1) is 11.6. The van der Waals surface area contributed by atoms with E-state index in [4.69, 9.17) is 5.73 Å². The van der Waals surface area contributed by atoms with Crippen LogP contribution in [0.15, 0.2) is 24.3 Å². The van der Waals surface area contributed by atoms with Gasteiger partial charge in [-0.05, 0) is 18.5 Å². The number of para-hydroxylation sites is 1. The first-order valence-electron chi connectivity index (χ1n) is 8.30. The number of carbonyl (C=O) groups is 2. The fourth-order valence-corrected chi connectivity index (χ4v) is 2.95. The standard InChI is InChI=1S/C17H23N5O2/c1-12(11-18)10-15(23)21-6-8-22(9-7-21)17(24)16-13-4-2-3-5-14(13)19-20-16/h2-5,12H,6-11,18H2,1H3,(H,19,20). The van der Waals surface area contributed by atoms with E-state index in [9.17, 15) is 9.59 Å². The Kier molecular flexibility index (Phi) is 4.80. The molecule has 1 atom stereocenters. The summed E-state index contributed by atoms with van der Waals surface area (Å²) in [7, 11) is 0. The van der Waals surface area contributed by atoms with E-state index in [1.54, 1.807) is 4.90 Å². The van der Waals surface area contributed by atoms with E-state index < -0.39 is 0 Å². The molecule has 1 aromatic carbocycles. The molecule has 1 unspecified atom stereocenters. The molecule has 2 aromatic rings. The summed E-state index contributed by atoms with van der Waals surface area (Å²) in [6.07, 6.45) is 0.467. The molecule has 1 aliphatic heterocycles. The highest BCUT2D eigenvalue weighted by Crippen LogP contribution is 2.18. The number of hydrogen-bond acceptors (Lipinski definition) is 4.